The monoisotopic (exact) mass is 374 g/mol. The second-order valence-corrected chi connectivity index (χ2v) is 7.99. The summed E-state index contributed by atoms with van der Waals surface area (Å²) < 4.78 is 27.9. The molecule has 0 radical (unpaired) electrons. The van der Waals surface area contributed by atoms with E-state index in [0.29, 0.717) is 17.7 Å². The number of nitrogens with one attached hydrogen (secondary N) is 2. The van der Waals surface area contributed by atoms with Crippen molar-refractivity contribution < 1.29 is 13.2 Å². The molecule has 0 aromatic heterocycles. The molecule has 0 aliphatic rings. The average molecular weight is 375 g/mol. The first-order valence-electron chi connectivity index (χ1n) is 8.86. The predicted molar refractivity (Wildman–Crippen MR) is 104 cm³/mol. The van der Waals surface area contributed by atoms with Crippen LogP contribution in [-0.2, 0) is 16.6 Å². The van der Waals surface area contributed by atoms with Crippen LogP contribution < -0.4 is 10.0 Å². The molecule has 2 aromatic carbocycles. The van der Waals surface area contributed by atoms with Crippen LogP contribution >= 0.6 is 0 Å². The molecular weight excluding hydrogens is 348 g/mol. The van der Waals surface area contributed by atoms with Crippen molar-refractivity contribution in [2.45, 2.75) is 44.6 Å². The van der Waals surface area contributed by atoms with Crippen LogP contribution in [0.1, 0.15) is 47.7 Å². The molecule has 2 N–H and O–H groups in total. The number of hydrogen-bond donors (Lipinski definition) is 2. The number of hydrogen-bond acceptors (Lipinski definition) is 3. The van der Waals surface area contributed by atoms with Gasteiger partial charge in [-0.25, -0.2) is 13.1 Å². The van der Waals surface area contributed by atoms with Gasteiger partial charge in [-0.05, 0) is 36.6 Å². The molecule has 2 aromatic rings. The van der Waals surface area contributed by atoms with Gasteiger partial charge in [-0.2, -0.15) is 0 Å². The quantitative estimate of drug-likeness (QED) is 0.661. The molecule has 2 rings (SSSR count). The van der Waals surface area contributed by atoms with Crippen LogP contribution in [-0.4, -0.2) is 20.9 Å². The summed E-state index contributed by atoms with van der Waals surface area (Å²) in [6, 6.07) is 14.1. The maximum atomic E-state index is 12.7. The zero-order valence-electron chi connectivity index (χ0n) is 15.3. The largest absolute Gasteiger partial charge is 0.352 e. The van der Waals surface area contributed by atoms with E-state index in [9.17, 15) is 13.2 Å². The van der Waals surface area contributed by atoms with Crippen molar-refractivity contribution in [3.63, 3.8) is 0 Å². The van der Waals surface area contributed by atoms with Gasteiger partial charge in [0.1, 0.15) is 0 Å². The van der Waals surface area contributed by atoms with Crippen molar-refractivity contribution in [2.75, 3.05) is 6.54 Å². The number of carbonyl (C=O) groups is 1. The van der Waals surface area contributed by atoms with Gasteiger partial charge in [0, 0.05) is 18.7 Å². The third-order valence-electron chi connectivity index (χ3n) is 4.11. The zero-order chi connectivity index (χ0) is 19.0. The summed E-state index contributed by atoms with van der Waals surface area (Å²) >= 11 is 0. The Bertz CT molecular complexity index is 833. The summed E-state index contributed by atoms with van der Waals surface area (Å²) in [5.41, 5.74) is 1.83. The average Bonchev–Trinajstić information content (AvgIpc) is 2.64. The van der Waals surface area contributed by atoms with E-state index in [4.69, 9.17) is 0 Å². The molecular formula is C20H26N2O3S. The van der Waals surface area contributed by atoms with Gasteiger partial charge < -0.3 is 5.32 Å². The van der Waals surface area contributed by atoms with Crippen LogP contribution in [0, 0.1) is 6.92 Å². The molecule has 1 amide bonds. The van der Waals surface area contributed by atoms with Gasteiger partial charge in [0.05, 0.1) is 4.90 Å². The molecule has 0 spiro atoms. The maximum absolute atomic E-state index is 12.7. The zero-order valence-corrected chi connectivity index (χ0v) is 16.1. The molecule has 0 saturated heterocycles. The van der Waals surface area contributed by atoms with Gasteiger partial charge in [0.2, 0.25) is 10.0 Å². The van der Waals surface area contributed by atoms with E-state index >= 15 is 0 Å². The number of carbonyl (C=O) groups excluding carboxylic acids is 1. The molecule has 0 fully saturated rings. The summed E-state index contributed by atoms with van der Waals surface area (Å²) in [5.74, 6) is -0.249. The lowest BCUT2D eigenvalue weighted by Crippen LogP contribution is -2.26. The minimum Gasteiger partial charge on any atom is -0.352 e. The van der Waals surface area contributed by atoms with Crippen molar-refractivity contribution in [2.24, 2.45) is 0 Å². The van der Waals surface area contributed by atoms with Gasteiger partial charge >= 0.3 is 0 Å². The fourth-order valence-electron chi connectivity index (χ4n) is 2.56. The van der Waals surface area contributed by atoms with E-state index in [1.165, 1.54) is 6.07 Å². The lowest BCUT2D eigenvalue weighted by molar-refractivity contribution is 0.0952. The van der Waals surface area contributed by atoms with Crippen LogP contribution in [0.25, 0.3) is 0 Å². The van der Waals surface area contributed by atoms with Gasteiger partial charge in [-0.15, -0.1) is 0 Å². The number of unbranched alkanes of at least 4 members (excludes halogenated alkanes) is 2. The van der Waals surface area contributed by atoms with Crippen LogP contribution in [0.4, 0.5) is 0 Å². The lowest BCUT2D eigenvalue weighted by Gasteiger charge is -2.12. The Morgan fingerprint density at radius 1 is 1.04 bits per heavy atom. The highest BCUT2D eigenvalue weighted by Gasteiger charge is 2.19. The maximum Gasteiger partial charge on any atom is 0.251 e. The molecule has 140 valence electrons. The molecule has 0 saturated carbocycles. The van der Waals surface area contributed by atoms with Crippen LogP contribution in [0.5, 0.6) is 0 Å². The van der Waals surface area contributed by atoms with E-state index < -0.39 is 10.0 Å². The number of rotatable bonds is 9. The Labute approximate surface area is 155 Å². The van der Waals surface area contributed by atoms with Gasteiger partial charge in [0.25, 0.3) is 5.91 Å². The summed E-state index contributed by atoms with van der Waals surface area (Å²) in [6.07, 6.45) is 3.05. The van der Waals surface area contributed by atoms with Crippen molar-refractivity contribution >= 4 is 15.9 Å². The van der Waals surface area contributed by atoms with E-state index in [-0.39, 0.29) is 17.3 Å². The summed E-state index contributed by atoms with van der Waals surface area (Å²) in [4.78, 5) is 12.4. The van der Waals surface area contributed by atoms with Crippen molar-refractivity contribution in [3.05, 3.63) is 65.2 Å². The molecule has 0 aliphatic carbocycles. The Hall–Kier alpha value is -2.18. The second kappa shape index (κ2) is 9.50. The molecule has 5 nitrogen and oxygen atoms in total. The highest BCUT2D eigenvalue weighted by Crippen LogP contribution is 2.17. The third kappa shape index (κ3) is 5.68. The van der Waals surface area contributed by atoms with E-state index in [1.807, 2.05) is 30.3 Å². The first-order valence-corrected chi connectivity index (χ1v) is 10.3. The Kier molecular flexibility index (Phi) is 7.36. The first-order chi connectivity index (χ1) is 12.4. The fraction of sp³-hybridized carbons (Fsp3) is 0.350. The minimum absolute atomic E-state index is 0.134. The highest BCUT2D eigenvalue weighted by molar-refractivity contribution is 7.89. The molecule has 0 bridgehead atoms. The second-order valence-electron chi connectivity index (χ2n) is 6.25. The van der Waals surface area contributed by atoms with Crippen molar-refractivity contribution in [3.8, 4) is 0 Å². The van der Waals surface area contributed by atoms with Crippen LogP contribution in [0.3, 0.4) is 0 Å². The molecule has 6 heteroatoms. The van der Waals surface area contributed by atoms with Gasteiger partial charge in [-0.3, -0.25) is 4.79 Å². The molecule has 0 heterocycles. The number of benzene rings is 2. The highest BCUT2D eigenvalue weighted by atomic mass is 32.2. The molecule has 26 heavy (non-hydrogen) atoms. The minimum atomic E-state index is -3.70. The molecule has 0 unspecified atom stereocenters. The molecule has 0 aliphatic heterocycles. The van der Waals surface area contributed by atoms with Crippen molar-refractivity contribution in [1.82, 2.24) is 10.0 Å². The van der Waals surface area contributed by atoms with E-state index in [2.05, 4.69) is 17.0 Å². The molecule has 0 atom stereocenters. The van der Waals surface area contributed by atoms with Crippen molar-refractivity contribution in [1.29, 1.82) is 0 Å². The summed E-state index contributed by atoms with van der Waals surface area (Å²) in [7, 11) is -3.70. The van der Waals surface area contributed by atoms with Crippen LogP contribution in [0.15, 0.2) is 53.4 Å². The number of aryl methyl sites for hydroxylation is 1. The fourth-order valence-corrected chi connectivity index (χ4v) is 3.85. The number of sulfonamides is 1. The summed E-state index contributed by atoms with van der Waals surface area (Å²) in [6.45, 7) is 4.62. The topological polar surface area (TPSA) is 75.3 Å². The first kappa shape index (κ1) is 20.1. The van der Waals surface area contributed by atoms with E-state index in [1.54, 1.807) is 19.1 Å². The van der Waals surface area contributed by atoms with E-state index in [0.717, 1.165) is 24.8 Å². The Balaban J connectivity index is 2.11. The SMILES string of the molecule is CCCCCNC(=O)c1ccc(C)c(S(=O)(=O)NCc2ccccc2)c1. The van der Waals surface area contributed by atoms with Gasteiger partial charge in [-0.1, -0.05) is 56.2 Å². The van der Waals surface area contributed by atoms with Crippen LogP contribution in [0.2, 0.25) is 0 Å². The normalized spacial score (nSPS) is 11.3. The third-order valence-corrected chi connectivity index (χ3v) is 5.66. The Morgan fingerprint density at radius 3 is 2.46 bits per heavy atom. The standard InChI is InChI=1S/C20H26N2O3S/c1-3-4-8-13-21-20(23)18-12-11-16(2)19(14-18)26(24,25)22-15-17-9-6-5-7-10-17/h5-7,9-12,14,22H,3-4,8,13,15H2,1-2H3,(H,21,23). The smallest absolute Gasteiger partial charge is 0.251 e. The lowest BCUT2D eigenvalue weighted by atomic mass is 10.1. The van der Waals surface area contributed by atoms with Gasteiger partial charge in [0.15, 0.2) is 0 Å². The number of amides is 1. The Morgan fingerprint density at radius 2 is 1.77 bits per heavy atom. The summed E-state index contributed by atoms with van der Waals surface area (Å²) in [5, 5.41) is 2.84. The predicted octanol–water partition coefficient (Wildman–Crippen LogP) is 3.39.